The van der Waals surface area contributed by atoms with Crippen LogP contribution in [0.3, 0.4) is 0 Å². The van der Waals surface area contributed by atoms with Crippen LogP contribution in [-0.4, -0.2) is 29.9 Å². The minimum absolute atomic E-state index is 0.0149. The van der Waals surface area contributed by atoms with Gasteiger partial charge in [-0.05, 0) is 150 Å². The zero-order valence-corrected chi connectivity index (χ0v) is 87.0. The summed E-state index contributed by atoms with van der Waals surface area (Å²) in [6.45, 7) is 96.8. The van der Waals surface area contributed by atoms with Crippen LogP contribution in [0.25, 0.3) is 64.8 Å². The number of para-hydroxylation sites is 3. The Kier molecular flexibility index (Phi) is 39.3. The van der Waals surface area contributed by atoms with Crippen LogP contribution < -0.4 is 0 Å². The minimum Gasteiger partial charge on any atom is -0.441 e. The molecule has 0 N–H and O–H groups in total. The summed E-state index contributed by atoms with van der Waals surface area (Å²) < 4.78 is 25.4. The van der Waals surface area contributed by atoms with Gasteiger partial charge in [0, 0.05) is 34.0 Å². The second kappa shape index (κ2) is 44.5. The highest BCUT2D eigenvalue weighted by Crippen LogP contribution is 2.38. The average molecular weight is 1710 g/mol. The Morgan fingerprint density at radius 2 is 0.463 bits per heavy atom. The van der Waals surface area contributed by atoms with Crippen LogP contribution in [0, 0.1) is 6.92 Å². The third-order valence-corrected chi connectivity index (χ3v) is 22.1. The first-order chi connectivity index (χ1) is 56.5. The molecule has 0 fully saturated rings. The lowest BCUT2D eigenvalue weighted by Gasteiger charge is -2.23. The summed E-state index contributed by atoms with van der Waals surface area (Å²) in [4.78, 5) is 27.1. The van der Waals surface area contributed by atoms with Crippen molar-refractivity contribution in [2.75, 3.05) is 0 Å². The zero-order chi connectivity index (χ0) is 94.4. The Labute approximate surface area is 755 Å². The monoisotopic (exact) mass is 1710 g/mol. The topological polar surface area (TPSA) is 130 Å². The van der Waals surface area contributed by atoms with E-state index in [9.17, 15) is 0 Å². The first kappa shape index (κ1) is 109. The Balaban J connectivity index is 0.000000360. The number of thiazole rings is 2. The SMILES string of the molecule is CC.CC.CC.CC.CC(C)(C)c1ccc(C(C)(C)C)cc1.CC(C)(C)c1ccc2nc(C(C)(C)C)oc2c1.CC(C)(C)c1ccc2nc(C(C)(C)C)sc2c1.CC(C)(C)c1ccc2oc(C(C)(C)C)nc2c1.CC(C)(C)c1ccccc1.CC(C)(C)c1nc2ccccc2o1.CC(C)(C)c1nc2ccccc2s1.Cc1nc2ccc(C(C)(C)C)cc2o1. The molecule has 10 nitrogen and oxygen atoms in total. The van der Waals surface area contributed by atoms with E-state index in [1.165, 1.54) is 58.4 Å². The highest BCUT2D eigenvalue weighted by Gasteiger charge is 2.27. The maximum Gasteiger partial charge on any atom is 0.200 e. The summed E-state index contributed by atoms with van der Waals surface area (Å²) in [7, 11) is 0. The van der Waals surface area contributed by atoms with Crippen molar-refractivity contribution in [3.05, 3.63) is 248 Å². The second-order valence-corrected chi connectivity index (χ2v) is 45.0. The summed E-state index contributed by atoms with van der Waals surface area (Å²) >= 11 is 3.62. The third kappa shape index (κ3) is 34.0. The lowest BCUT2D eigenvalue weighted by Crippen LogP contribution is -2.14. The smallest absolute Gasteiger partial charge is 0.200 e. The van der Waals surface area contributed by atoms with Gasteiger partial charge in [-0.15, -0.1) is 22.7 Å². The quantitative estimate of drug-likeness (QED) is 0.145. The molecule has 0 radical (unpaired) electrons. The van der Waals surface area contributed by atoms with Crippen LogP contribution in [0.2, 0.25) is 0 Å². The van der Waals surface area contributed by atoms with E-state index in [1.807, 2.05) is 116 Å². The highest BCUT2D eigenvalue weighted by atomic mass is 32.1. The molecule has 0 saturated carbocycles. The molecule has 0 aliphatic carbocycles. The molecule has 0 amide bonds. The van der Waals surface area contributed by atoms with Gasteiger partial charge in [0.1, 0.15) is 22.1 Å². The van der Waals surface area contributed by atoms with Gasteiger partial charge in [-0.1, -0.05) is 408 Å². The molecule has 14 rings (SSSR count). The predicted molar refractivity (Wildman–Crippen MR) is 543 cm³/mol. The van der Waals surface area contributed by atoms with E-state index < -0.39 is 0 Å². The van der Waals surface area contributed by atoms with Crippen molar-refractivity contribution in [2.45, 2.75) is 377 Å². The number of aromatic nitrogens is 6. The van der Waals surface area contributed by atoms with E-state index >= 15 is 0 Å². The molecule has 674 valence electrons. The average Bonchev–Trinajstić information content (AvgIpc) is 1.84. The Bertz CT molecular complexity index is 4970. The molecule has 6 aromatic heterocycles. The van der Waals surface area contributed by atoms with Crippen LogP contribution >= 0.6 is 22.7 Å². The number of nitrogens with zero attached hydrogens (tertiary/aromatic N) is 6. The van der Waals surface area contributed by atoms with Crippen molar-refractivity contribution in [2.24, 2.45) is 0 Å². The van der Waals surface area contributed by atoms with E-state index in [0.29, 0.717) is 5.41 Å². The molecule has 6 heterocycles. The molecular weight excluding hydrogens is 1550 g/mol. The predicted octanol–water partition coefficient (Wildman–Crippen LogP) is 35.3. The molecule has 0 atom stereocenters. The molecule has 0 aliphatic rings. The lowest BCUT2D eigenvalue weighted by molar-refractivity contribution is 0.410. The van der Waals surface area contributed by atoms with Crippen molar-refractivity contribution >= 4 is 87.5 Å². The number of oxazole rings is 4. The molecule has 14 aromatic rings. The highest BCUT2D eigenvalue weighted by molar-refractivity contribution is 7.19. The van der Waals surface area contributed by atoms with Crippen molar-refractivity contribution in [1.29, 1.82) is 0 Å². The van der Waals surface area contributed by atoms with Crippen molar-refractivity contribution < 1.29 is 17.7 Å². The fourth-order valence-electron chi connectivity index (χ4n) is 11.4. The summed E-state index contributed by atoms with van der Waals surface area (Å²) in [5.41, 5.74) is 20.7. The van der Waals surface area contributed by atoms with Crippen LogP contribution in [0.15, 0.2) is 194 Å². The molecule has 12 heteroatoms. The maximum absolute atomic E-state index is 5.86. The lowest BCUT2D eigenvalue weighted by atomic mass is 9.82. The summed E-state index contributed by atoms with van der Waals surface area (Å²) in [5.74, 6) is 3.14. The Morgan fingerprint density at radius 3 is 0.829 bits per heavy atom. The maximum atomic E-state index is 5.86. The van der Waals surface area contributed by atoms with Gasteiger partial charge in [0.2, 0.25) is 17.7 Å². The van der Waals surface area contributed by atoms with E-state index in [-0.39, 0.29) is 59.6 Å². The van der Waals surface area contributed by atoms with E-state index in [1.54, 1.807) is 11.3 Å². The van der Waals surface area contributed by atoms with Gasteiger partial charge in [0.15, 0.2) is 28.2 Å². The Morgan fingerprint density at radius 1 is 0.195 bits per heavy atom. The summed E-state index contributed by atoms with van der Waals surface area (Å²) in [6.07, 6.45) is 0. The number of hydrogen-bond acceptors (Lipinski definition) is 12. The van der Waals surface area contributed by atoms with Crippen LogP contribution in [0.1, 0.15) is 377 Å². The minimum atomic E-state index is -0.0408. The number of fused-ring (bicyclic) bond motifs is 6. The number of benzene rings is 8. The van der Waals surface area contributed by atoms with E-state index in [4.69, 9.17) is 22.7 Å². The molecule has 8 aromatic carbocycles. The Hall–Kier alpha value is -8.58. The molecule has 0 aliphatic heterocycles. The van der Waals surface area contributed by atoms with Gasteiger partial charge in [0.25, 0.3) is 0 Å². The zero-order valence-electron chi connectivity index (χ0n) is 85.4. The van der Waals surface area contributed by atoms with Crippen molar-refractivity contribution in [1.82, 2.24) is 29.9 Å². The van der Waals surface area contributed by atoms with Crippen LogP contribution in [0.5, 0.6) is 0 Å². The third-order valence-electron chi connectivity index (χ3n) is 19.2. The summed E-state index contributed by atoms with van der Waals surface area (Å²) in [5, 5.41) is 2.44. The van der Waals surface area contributed by atoms with Crippen molar-refractivity contribution in [3.63, 3.8) is 0 Å². The van der Waals surface area contributed by atoms with E-state index in [0.717, 1.165) is 79.0 Å². The molecule has 0 spiro atoms. The van der Waals surface area contributed by atoms with E-state index in [2.05, 4.69) is 408 Å². The summed E-state index contributed by atoms with van der Waals surface area (Å²) in [6, 6.07) is 61.1. The first-order valence-electron chi connectivity index (χ1n) is 45.0. The fraction of sp³-hybridized carbons (Fsp3) is 0.514. The van der Waals surface area contributed by atoms with Gasteiger partial charge in [-0.3, -0.25) is 0 Å². The van der Waals surface area contributed by atoms with Crippen LogP contribution in [-0.2, 0) is 65.0 Å². The van der Waals surface area contributed by atoms with Gasteiger partial charge < -0.3 is 17.7 Å². The molecule has 0 unspecified atom stereocenters. The molecule has 123 heavy (non-hydrogen) atoms. The second-order valence-electron chi connectivity index (χ2n) is 42.9. The van der Waals surface area contributed by atoms with Crippen LogP contribution in [0.4, 0.5) is 0 Å². The van der Waals surface area contributed by atoms with Crippen molar-refractivity contribution in [3.8, 4) is 0 Å². The number of aryl methyl sites for hydroxylation is 1. The largest absolute Gasteiger partial charge is 0.441 e. The number of rotatable bonds is 0. The number of hydrogen-bond donors (Lipinski definition) is 0. The molecule has 0 saturated heterocycles. The van der Waals surface area contributed by atoms with Gasteiger partial charge in [-0.25, -0.2) is 29.9 Å². The normalized spacial score (nSPS) is 12.1. The molecular formula is C111H164N6O4S2. The fourth-order valence-corrected chi connectivity index (χ4v) is 13.5. The van der Waals surface area contributed by atoms with Gasteiger partial charge in [-0.2, -0.15) is 0 Å². The van der Waals surface area contributed by atoms with Gasteiger partial charge >= 0.3 is 0 Å². The van der Waals surface area contributed by atoms with Gasteiger partial charge in [0.05, 0.1) is 30.4 Å². The first-order valence-corrected chi connectivity index (χ1v) is 46.6. The molecule has 0 bridgehead atoms. The standard InChI is InChI=1S/2C15H21NO.C15H21NS.C14H22.C12H15NO.C11H13NO.C11H13NS.C10H14.4C2H6/c1-14(2,3)10-7-8-12-11(9-10)16-13(17-12)15(4,5)6;2*1-14(2,3)10-7-8-11-12(9-10)17-13(16-11)15(4,5)6;1-13(2,3)11-7-9-12(10-8-11)14(4,5)6;1-8-13-10-6-5-9(12(2,3)4)7-11(10)14-8;2*1-11(2,3)10-12-8-6-4-5-7-9(8)13-10;1-10(2,3)9-7-5-4-6-8-9;4*1-2/h3*7-9H,1-6H3;7-10H,1-6H3;5-7H,1-4H3;2*4-7H,1-3H3;4-8H,1-3H3;4*1-2H3.